The van der Waals surface area contributed by atoms with E-state index in [9.17, 15) is 8.42 Å². The Morgan fingerprint density at radius 2 is 1.86 bits per heavy atom. The van der Waals surface area contributed by atoms with Crippen LogP contribution in [0.5, 0.6) is 0 Å². The highest BCUT2D eigenvalue weighted by molar-refractivity contribution is 7.93. The zero-order valence-electron chi connectivity index (χ0n) is 6.80. The van der Waals surface area contributed by atoms with Crippen LogP contribution in [0.4, 0.5) is 5.69 Å². The number of anilines is 1. The van der Waals surface area contributed by atoms with Crippen molar-refractivity contribution in [2.24, 2.45) is 0 Å². The Hall–Kier alpha value is -0.160. The number of nitrogens with one attached hydrogen (secondary N) is 1. The van der Waals surface area contributed by atoms with Crippen LogP contribution in [-0.4, -0.2) is 13.6 Å². The van der Waals surface area contributed by atoms with Gasteiger partial charge < -0.3 is 0 Å². The Kier molecular flexibility index (Phi) is 3.89. The van der Waals surface area contributed by atoms with Crippen LogP contribution in [0.25, 0.3) is 0 Å². The molecular weight excluding hydrogens is 269 g/mol. The van der Waals surface area contributed by atoms with Crippen LogP contribution in [0, 0.1) is 0 Å². The molecule has 0 saturated carbocycles. The molecule has 3 nitrogen and oxygen atoms in total. The molecule has 7 heteroatoms. The van der Waals surface area contributed by atoms with Gasteiger partial charge in [0.1, 0.15) is 5.21 Å². The fourth-order valence-corrected chi connectivity index (χ4v) is 1.77. The minimum Gasteiger partial charge on any atom is -0.283 e. The molecule has 0 aliphatic rings. The molecule has 1 aromatic carbocycles. The van der Waals surface area contributed by atoms with Crippen LogP contribution in [-0.2, 0) is 10.0 Å². The SMILES string of the molecule is O=S(=O)(CCl)Nc1ccc(Cl)c(Cl)c1. The van der Waals surface area contributed by atoms with Gasteiger partial charge >= 0.3 is 0 Å². The number of hydrogen-bond donors (Lipinski definition) is 1. The number of alkyl halides is 1. The summed E-state index contributed by atoms with van der Waals surface area (Å²) in [6.45, 7) is 0. The molecule has 0 aliphatic heterocycles. The fourth-order valence-electron chi connectivity index (χ4n) is 0.766. The Bertz CT molecular complexity index is 433. The Labute approximate surface area is 97.0 Å². The number of halogens is 3. The van der Waals surface area contributed by atoms with E-state index >= 15 is 0 Å². The van der Waals surface area contributed by atoms with E-state index in [4.69, 9.17) is 34.8 Å². The topological polar surface area (TPSA) is 46.2 Å². The van der Waals surface area contributed by atoms with Crippen molar-refractivity contribution < 1.29 is 8.42 Å². The Morgan fingerprint density at radius 3 is 2.36 bits per heavy atom. The lowest BCUT2D eigenvalue weighted by Crippen LogP contribution is -2.13. The van der Waals surface area contributed by atoms with Crippen LogP contribution in [0.1, 0.15) is 0 Å². The second kappa shape index (κ2) is 4.57. The predicted molar refractivity (Wildman–Crippen MR) is 59.7 cm³/mol. The first-order valence-corrected chi connectivity index (χ1v) is 6.40. The van der Waals surface area contributed by atoms with E-state index in [1.54, 1.807) is 0 Å². The lowest BCUT2D eigenvalue weighted by atomic mass is 10.3. The summed E-state index contributed by atoms with van der Waals surface area (Å²) < 4.78 is 24.3. The molecule has 1 rings (SSSR count). The van der Waals surface area contributed by atoms with E-state index in [2.05, 4.69) is 4.72 Å². The first-order valence-electron chi connectivity index (χ1n) is 3.46. The van der Waals surface area contributed by atoms with Gasteiger partial charge in [0.25, 0.3) is 0 Å². The third kappa shape index (κ3) is 3.20. The van der Waals surface area contributed by atoms with E-state index in [1.165, 1.54) is 18.2 Å². The van der Waals surface area contributed by atoms with Gasteiger partial charge in [-0.15, -0.1) is 11.6 Å². The zero-order chi connectivity index (χ0) is 10.8. The van der Waals surface area contributed by atoms with E-state index in [1.807, 2.05) is 0 Å². The quantitative estimate of drug-likeness (QED) is 0.862. The molecule has 0 atom stereocenters. The first-order chi connectivity index (χ1) is 6.44. The monoisotopic (exact) mass is 273 g/mol. The minimum atomic E-state index is -3.49. The van der Waals surface area contributed by atoms with E-state index in [0.717, 1.165) is 0 Å². The summed E-state index contributed by atoms with van der Waals surface area (Å²) >= 11 is 16.5. The number of rotatable bonds is 3. The van der Waals surface area contributed by atoms with E-state index < -0.39 is 15.2 Å². The van der Waals surface area contributed by atoms with Crippen molar-refractivity contribution in [3.8, 4) is 0 Å². The smallest absolute Gasteiger partial charge is 0.246 e. The van der Waals surface area contributed by atoms with Gasteiger partial charge in [-0.25, -0.2) is 8.42 Å². The summed E-state index contributed by atoms with van der Waals surface area (Å²) in [6.07, 6.45) is 0. The highest BCUT2D eigenvalue weighted by Crippen LogP contribution is 2.25. The van der Waals surface area contributed by atoms with E-state index in [-0.39, 0.29) is 5.02 Å². The van der Waals surface area contributed by atoms with Gasteiger partial charge in [0, 0.05) is 0 Å². The molecule has 1 aromatic rings. The third-order valence-electron chi connectivity index (χ3n) is 1.34. The summed E-state index contributed by atoms with van der Waals surface area (Å²) in [5, 5.41) is 0.134. The Balaban J connectivity index is 2.94. The summed E-state index contributed by atoms with van der Waals surface area (Å²) in [7, 11) is -3.49. The summed E-state index contributed by atoms with van der Waals surface area (Å²) in [6, 6.07) is 4.41. The van der Waals surface area contributed by atoms with Crippen molar-refractivity contribution in [1.82, 2.24) is 0 Å². The molecule has 0 saturated heterocycles. The van der Waals surface area contributed by atoms with Gasteiger partial charge in [-0.1, -0.05) is 23.2 Å². The van der Waals surface area contributed by atoms with Crippen LogP contribution in [0.15, 0.2) is 18.2 Å². The van der Waals surface area contributed by atoms with Crippen LogP contribution < -0.4 is 4.72 Å². The molecule has 0 fully saturated rings. The average Bonchev–Trinajstić information content (AvgIpc) is 2.11. The molecule has 0 aromatic heterocycles. The van der Waals surface area contributed by atoms with Gasteiger partial charge in [0.2, 0.25) is 10.0 Å². The molecular formula is C7H6Cl3NO2S. The van der Waals surface area contributed by atoms with Gasteiger partial charge in [-0.3, -0.25) is 4.72 Å². The molecule has 0 radical (unpaired) electrons. The van der Waals surface area contributed by atoms with Gasteiger partial charge in [0.15, 0.2) is 0 Å². The molecule has 0 unspecified atom stereocenters. The lowest BCUT2D eigenvalue weighted by molar-refractivity contribution is 0.605. The van der Waals surface area contributed by atoms with Crippen molar-refractivity contribution >= 4 is 50.5 Å². The standard InChI is InChI=1S/C7H6Cl3NO2S/c8-4-14(12,13)11-5-1-2-6(9)7(10)3-5/h1-3,11H,4H2. The maximum atomic E-state index is 11.0. The maximum Gasteiger partial charge on any atom is 0.246 e. The Morgan fingerprint density at radius 1 is 1.21 bits per heavy atom. The summed E-state index contributed by atoms with van der Waals surface area (Å²) in [5.41, 5.74) is 0.333. The van der Waals surface area contributed by atoms with Crippen LogP contribution in [0.3, 0.4) is 0 Å². The number of hydrogen-bond acceptors (Lipinski definition) is 2. The van der Waals surface area contributed by atoms with Crippen molar-refractivity contribution in [2.45, 2.75) is 0 Å². The van der Waals surface area contributed by atoms with Crippen LogP contribution in [0.2, 0.25) is 10.0 Å². The maximum absolute atomic E-state index is 11.0. The molecule has 0 heterocycles. The predicted octanol–water partition coefficient (Wildman–Crippen LogP) is 2.93. The van der Waals surface area contributed by atoms with Crippen LogP contribution >= 0.6 is 34.8 Å². The van der Waals surface area contributed by atoms with Crippen molar-refractivity contribution in [2.75, 3.05) is 9.93 Å². The molecule has 78 valence electrons. The highest BCUT2D eigenvalue weighted by atomic mass is 35.5. The van der Waals surface area contributed by atoms with E-state index in [0.29, 0.717) is 10.7 Å². The minimum absolute atomic E-state index is 0.279. The highest BCUT2D eigenvalue weighted by Gasteiger charge is 2.08. The third-order valence-corrected chi connectivity index (χ3v) is 3.77. The molecule has 0 amide bonds. The molecule has 1 N–H and O–H groups in total. The zero-order valence-corrected chi connectivity index (χ0v) is 9.88. The van der Waals surface area contributed by atoms with Crippen molar-refractivity contribution in [3.05, 3.63) is 28.2 Å². The second-order valence-corrected chi connectivity index (χ2v) is 5.58. The molecule has 14 heavy (non-hydrogen) atoms. The van der Waals surface area contributed by atoms with Gasteiger partial charge in [-0.05, 0) is 18.2 Å². The first kappa shape index (κ1) is 11.9. The fraction of sp³-hybridized carbons (Fsp3) is 0.143. The summed E-state index contributed by atoms with van der Waals surface area (Å²) in [5.74, 6) is 0. The average molecular weight is 275 g/mol. The molecule has 0 aliphatic carbocycles. The largest absolute Gasteiger partial charge is 0.283 e. The number of benzene rings is 1. The number of sulfonamides is 1. The molecule has 0 spiro atoms. The lowest BCUT2D eigenvalue weighted by Gasteiger charge is -2.05. The molecule has 0 bridgehead atoms. The van der Waals surface area contributed by atoms with Crippen molar-refractivity contribution in [3.63, 3.8) is 0 Å². The van der Waals surface area contributed by atoms with Gasteiger partial charge in [-0.2, -0.15) is 0 Å². The van der Waals surface area contributed by atoms with Crippen molar-refractivity contribution in [1.29, 1.82) is 0 Å². The van der Waals surface area contributed by atoms with Gasteiger partial charge in [0.05, 0.1) is 15.7 Å². The summed E-state index contributed by atoms with van der Waals surface area (Å²) in [4.78, 5) is 0. The normalized spacial score (nSPS) is 11.4. The second-order valence-electron chi connectivity index (χ2n) is 2.45.